The van der Waals surface area contributed by atoms with E-state index in [2.05, 4.69) is 34.3 Å². The molecule has 2 N–H and O–H groups in total. The van der Waals surface area contributed by atoms with Crippen molar-refractivity contribution in [1.82, 2.24) is 24.8 Å². The lowest BCUT2D eigenvalue weighted by molar-refractivity contribution is 0.405. The van der Waals surface area contributed by atoms with Crippen LogP contribution in [0.2, 0.25) is 30.1 Å². The summed E-state index contributed by atoms with van der Waals surface area (Å²) in [6, 6.07) is 22.1. The van der Waals surface area contributed by atoms with Gasteiger partial charge in [-0.3, -0.25) is 4.79 Å². The van der Waals surface area contributed by atoms with Crippen molar-refractivity contribution in [2.75, 3.05) is 32.5 Å². The number of anilines is 1. The van der Waals surface area contributed by atoms with Gasteiger partial charge in [0.25, 0.3) is 5.56 Å². The second kappa shape index (κ2) is 17.9. The van der Waals surface area contributed by atoms with Gasteiger partial charge in [-0.2, -0.15) is 0 Å². The van der Waals surface area contributed by atoms with Crippen LogP contribution in [0, 0.1) is 0 Å². The fourth-order valence-electron chi connectivity index (χ4n) is 5.21. The van der Waals surface area contributed by atoms with Gasteiger partial charge in [-0.1, -0.05) is 93.9 Å². The van der Waals surface area contributed by atoms with E-state index in [9.17, 15) is 4.79 Å². The van der Waals surface area contributed by atoms with Crippen molar-refractivity contribution in [3.05, 3.63) is 136 Å². The summed E-state index contributed by atoms with van der Waals surface area (Å²) in [6.07, 6.45) is 3.75. The first-order valence-corrected chi connectivity index (χ1v) is 18.1. The molecular formula is C37H34Cl6N6O. The quantitative estimate of drug-likeness (QED) is 0.127. The predicted octanol–water partition coefficient (Wildman–Crippen LogP) is 10.4. The predicted molar refractivity (Wildman–Crippen MR) is 211 cm³/mol. The van der Waals surface area contributed by atoms with E-state index in [-0.39, 0.29) is 5.56 Å². The molecule has 0 spiro atoms. The molecule has 7 nitrogen and oxygen atoms in total. The lowest BCUT2D eigenvalue weighted by Crippen LogP contribution is -2.17. The summed E-state index contributed by atoms with van der Waals surface area (Å²) >= 11 is 36.5. The summed E-state index contributed by atoms with van der Waals surface area (Å²) < 4.78 is 0. The molecule has 6 aromatic rings. The lowest BCUT2D eigenvalue weighted by Gasteiger charge is -2.13. The highest BCUT2D eigenvalue weighted by Gasteiger charge is 2.12. The number of H-pyrrole nitrogens is 1. The molecule has 2 aromatic heterocycles. The minimum atomic E-state index is -0.184. The summed E-state index contributed by atoms with van der Waals surface area (Å²) in [5.41, 5.74) is 3.24. The molecule has 0 aliphatic carbocycles. The maximum absolute atomic E-state index is 12.1. The number of rotatable bonds is 11. The maximum atomic E-state index is 12.1. The third-order valence-electron chi connectivity index (χ3n) is 7.79. The van der Waals surface area contributed by atoms with E-state index < -0.39 is 0 Å². The molecule has 0 radical (unpaired) electrons. The lowest BCUT2D eigenvalue weighted by atomic mass is 10.1. The van der Waals surface area contributed by atoms with E-state index in [1.54, 1.807) is 24.3 Å². The normalized spacial score (nSPS) is 11.2. The Morgan fingerprint density at radius 2 is 1.22 bits per heavy atom. The Labute approximate surface area is 320 Å². The van der Waals surface area contributed by atoms with E-state index >= 15 is 0 Å². The van der Waals surface area contributed by atoms with Gasteiger partial charge in [0, 0.05) is 24.8 Å². The van der Waals surface area contributed by atoms with Crippen LogP contribution in [0.25, 0.3) is 21.8 Å². The van der Waals surface area contributed by atoms with Gasteiger partial charge in [-0.15, -0.1) is 0 Å². The third-order valence-corrected chi connectivity index (χ3v) is 9.88. The Kier molecular flexibility index (Phi) is 13.6. The highest BCUT2D eigenvalue weighted by Crippen LogP contribution is 2.28. The fraction of sp³-hybridized carbons (Fsp3) is 0.243. The Morgan fingerprint density at radius 1 is 0.640 bits per heavy atom. The molecule has 0 saturated heterocycles. The summed E-state index contributed by atoms with van der Waals surface area (Å²) in [5, 5.41) is 8.14. The second-order valence-electron chi connectivity index (χ2n) is 11.9. The van der Waals surface area contributed by atoms with Gasteiger partial charge >= 0.3 is 0 Å². The molecule has 0 unspecified atom stereocenters. The molecule has 6 rings (SSSR count). The van der Waals surface area contributed by atoms with Crippen molar-refractivity contribution in [3.63, 3.8) is 0 Å². The number of halogens is 6. The number of nitrogens with zero attached hydrogens (tertiary/aromatic N) is 4. The number of aromatic amines is 1. The van der Waals surface area contributed by atoms with Gasteiger partial charge in [0.1, 0.15) is 17.5 Å². The third kappa shape index (κ3) is 10.2. The van der Waals surface area contributed by atoms with Crippen LogP contribution in [-0.4, -0.2) is 52.0 Å². The number of para-hydroxylation sites is 2. The highest BCUT2D eigenvalue weighted by atomic mass is 35.5. The monoisotopic (exact) mass is 788 g/mol. The molecule has 0 amide bonds. The SMILES string of the molecule is CN(C)CCCNc1nc(CCc2ccc(Cl)c(Cl)c2)nc2c(Cl)cccc12.O=c1[nH]c(CCc2ccc(Cl)c(Cl)c2)nc2c(Cl)cccc12. The topological polar surface area (TPSA) is 86.8 Å². The Bertz CT molecular complexity index is 2170. The van der Waals surface area contributed by atoms with Crippen molar-refractivity contribution >= 4 is 97.2 Å². The molecule has 2 heterocycles. The Morgan fingerprint density at radius 3 is 1.82 bits per heavy atom. The van der Waals surface area contributed by atoms with Crippen LogP contribution >= 0.6 is 69.6 Å². The van der Waals surface area contributed by atoms with Crippen LogP contribution in [0.3, 0.4) is 0 Å². The zero-order chi connectivity index (χ0) is 35.8. The van der Waals surface area contributed by atoms with Crippen molar-refractivity contribution in [2.45, 2.75) is 32.1 Å². The largest absolute Gasteiger partial charge is 0.369 e. The average molecular weight is 791 g/mol. The summed E-state index contributed by atoms with van der Waals surface area (Å²) in [6.45, 7) is 1.85. The van der Waals surface area contributed by atoms with Crippen LogP contribution in [0.1, 0.15) is 29.2 Å². The van der Waals surface area contributed by atoms with Crippen LogP contribution in [0.15, 0.2) is 77.6 Å². The molecule has 0 aliphatic heterocycles. The Hall–Kier alpha value is -3.14. The molecule has 13 heteroatoms. The zero-order valence-corrected chi connectivity index (χ0v) is 31.9. The minimum absolute atomic E-state index is 0.184. The van der Waals surface area contributed by atoms with Gasteiger partial charge < -0.3 is 15.2 Å². The van der Waals surface area contributed by atoms with Gasteiger partial charge in [0.2, 0.25) is 0 Å². The number of hydrogen-bond donors (Lipinski definition) is 2. The molecule has 0 atom stereocenters. The van der Waals surface area contributed by atoms with Gasteiger partial charge in [-0.25, -0.2) is 15.0 Å². The van der Waals surface area contributed by atoms with Crippen molar-refractivity contribution in [1.29, 1.82) is 0 Å². The first-order chi connectivity index (χ1) is 24.0. The maximum Gasteiger partial charge on any atom is 0.258 e. The zero-order valence-electron chi connectivity index (χ0n) is 27.3. The van der Waals surface area contributed by atoms with Gasteiger partial charge in [-0.05, 0) is 99.6 Å². The second-order valence-corrected chi connectivity index (χ2v) is 14.3. The van der Waals surface area contributed by atoms with E-state index in [0.29, 0.717) is 66.1 Å². The number of hydrogen-bond acceptors (Lipinski definition) is 6. The summed E-state index contributed by atoms with van der Waals surface area (Å²) in [4.78, 5) is 30.9. The van der Waals surface area contributed by atoms with E-state index in [4.69, 9.17) is 79.6 Å². The fourth-order valence-corrected chi connectivity index (χ4v) is 6.29. The Balaban J connectivity index is 0.000000200. The summed E-state index contributed by atoms with van der Waals surface area (Å²) in [7, 11) is 4.14. The van der Waals surface area contributed by atoms with Crippen LogP contribution in [-0.2, 0) is 25.7 Å². The van der Waals surface area contributed by atoms with E-state index in [0.717, 1.165) is 59.6 Å². The van der Waals surface area contributed by atoms with Gasteiger partial charge in [0.15, 0.2) is 0 Å². The number of aryl methyl sites for hydroxylation is 4. The number of fused-ring (bicyclic) bond motifs is 2. The molecule has 4 aromatic carbocycles. The standard InChI is InChI=1S/C21H23Cl3N4.C16H11Cl3N2O/c1-28(2)12-4-11-25-21-15-5-3-6-17(23)20(15)26-19(27-21)10-8-14-7-9-16(22)18(24)13-14;17-11-6-4-9(8-13(11)19)5-7-14-20-15-10(16(22)21-14)2-1-3-12(15)18/h3,5-7,9,13H,4,8,10-12H2,1-2H3,(H,25,26,27);1-4,6,8H,5,7H2,(H,20,21,22). The van der Waals surface area contributed by atoms with Crippen LogP contribution in [0.5, 0.6) is 0 Å². The molecule has 0 saturated carbocycles. The van der Waals surface area contributed by atoms with Crippen molar-refractivity contribution in [2.24, 2.45) is 0 Å². The molecule has 50 heavy (non-hydrogen) atoms. The number of nitrogens with one attached hydrogen (secondary N) is 2. The molecular weight excluding hydrogens is 757 g/mol. The first kappa shape index (κ1) is 38.1. The van der Waals surface area contributed by atoms with Crippen molar-refractivity contribution < 1.29 is 0 Å². The molecule has 0 aliphatic rings. The van der Waals surface area contributed by atoms with Crippen LogP contribution < -0.4 is 10.9 Å². The molecule has 260 valence electrons. The van der Waals surface area contributed by atoms with Gasteiger partial charge in [0.05, 0.1) is 46.6 Å². The summed E-state index contributed by atoms with van der Waals surface area (Å²) in [5.74, 6) is 2.17. The minimum Gasteiger partial charge on any atom is -0.369 e. The van der Waals surface area contributed by atoms with E-state index in [1.165, 1.54) is 0 Å². The molecule has 0 fully saturated rings. The first-order valence-electron chi connectivity index (χ1n) is 15.9. The number of aromatic nitrogens is 4. The number of benzene rings is 4. The smallest absolute Gasteiger partial charge is 0.258 e. The highest BCUT2D eigenvalue weighted by molar-refractivity contribution is 6.42. The van der Waals surface area contributed by atoms with Crippen LogP contribution in [0.4, 0.5) is 5.82 Å². The van der Waals surface area contributed by atoms with Crippen molar-refractivity contribution in [3.8, 4) is 0 Å². The average Bonchev–Trinajstić information content (AvgIpc) is 3.09. The molecule has 0 bridgehead atoms. The van der Waals surface area contributed by atoms with E-state index in [1.807, 2.05) is 48.5 Å².